The first-order valence-electron chi connectivity index (χ1n) is 6.06. The average Bonchev–Trinajstić information content (AvgIpc) is 2.81. The van der Waals surface area contributed by atoms with Gasteiger partial charge in [-0.15, -0.1) is 11.3 Å². The van der Waals surface area contributed by atoms with Crippen LogP contribution in [0.2, 0.25) is 0 Å². The Kier molecular flexibility index (Phi) is 4.18. The van der Waals surface area contributed by atoms with Crippen molar-refractivity contribution in [1.29, 1.82) is 0 Å². The van der Waals surface area contributed by atoms with Gasteiger partial charge in [0.15, 0.2) is 0 Å². The van der Waals surface area contributed by atoms with E-state index >= 15 is 0 Å². The van der Waals surface area contributed by atoms with Crippen LogP contribution < -0.4 is 4.74 Å². The molecule has 0 aliphatic heterocycles. The summed E-state index contributed by atoms with van der Waals surface area (Å²) in [6.07, 6.45) is 0. The summed E-state index contributed by atoms with van der Waals surface area (Å²) in [4.78, 5) is 25.9. The van der Waals surface area contributed by atoms with Crippen molar-refractivity contribution in [1.82, 2.24) is 4.98 Å². The number of nitro groups is 1. The van der Waals surface area contributed by atoms with Crippen LogP contribution in [0.5, 0.6) is 5.75 Å². The Bertz CT molecular complexity index is 711. The summed E-state index contributed by atoms with van der Waals surface area (Å²) >= 11 is 0.916. The second-order valence-corrected chi connectivity index (χ2v) is 5.11. The molecule has 1 heterocycles. The number of aromatic nitrogens is 1. The number of nitro benzene ring substituents is 1. The number of aromatic carboxylic acids is 1. The SMILES string of the molecule is CCOc1ccc(-c2nc(C)c(C(=O)O)s2)c([N+](=O)[O-])c1. The van der Waals surface area contributed by atoms with Crippen molar-refractivity contribution in [3.05, 3.63) is 38.9 Å². The molecule has 0 bridgehead atoms. The van der Waals surface area contributed by atoms with Gasteiger partial charge in [-0.3, -0.25) is 10.1 Å². The van der Waals surface area contributed by atoms with Gasteiger partial charge in [0, 0.05) is 0 Å². The zero-order valence-electron chi connectivity index (χ0n) is 11.3. The topological polar surface area (TPSA) is 103 Å². The molecule has 21 heavy (non-hydrogen) atoms. The highest BCUT2D eigenvalue weighted by Gasteiger charge is 2.22. The van der Waals surface area contributed by atoms with Gasteiger partial charge in [0.05, 0.1) is 28.9 Å². The van der Waals surface area contributed by atoms with Crippen LogP contribution in [0.4, 0.5) is 5.69 Å². The molecule has 0 amide bonds. The highest BCUT2D eigenvalue weighted by atomic mass is 32.1. The molecule has 0 fully saturated rings. The second kappa shape index (κ2) is 5.88. The fourth-order valence-corrected chi connectivity index (χ4v) is 2.75. The molecule has 0 aliphatic carbocycles. The lowest BCUT2D eigenvalue weighted by Gasteiger charge is -2.04. The molecule has 0 saturated heterocycles. The van der Waals surface area contributed by atoms with Crippen molar-refractivity contribution in [2.45, 2.75) is 13.8 Å². The van der Waals surface area contributed by atoms with E-state index in [9.17, 15) is 14.9 Å². The number of carboxylic acid groups (broad SMARTS) is 1. The summed E-state index contributed by atoms with van der Waals surface area (Å²) in [5.41, 5.74) is 0.460. The molecule has 0 radical (unpaired) electrons. The minimum absolute atomic E-state index is 0.0770. The number of rotatable bonds is 5. The molecule has 0 aliphatic rings. The number of thiazole rings is 1. The van der Waals surface area contributed by atoms with E-state index in [1.165, 1.54) is 12.1 Å². The van der Waals surface area contributed by atoms with Gasteiger partial charge >= 0.3 is 5.97 Å². The van der Waals surface area contributed by atoms with E-state index < -0.39 is 10.9 Å². The monoisotopic (exact) mass is 308 g/mol. The normalized spacial score (nSPS) is 10.4. The zero-order chi connectivity index (χ0) is 15.6. The molecule has 1 N–H and O–H groups in total. The summed E-state index contributed by atoms with van der Waals surface area (Å²) in [6, 6.07) is 4.44. The highest BCUT2D eigenvalue weighted by molar-refractivity contribution is 7.17. The lowest BCUT2D eigenvalue weighted by Crippen LogP contribution is -1.96. The molecule has 0 atom stereocenters. The Hall–Kier alpha value is -2.48. The maximum atomic E-state index is 11.2. The van der Waals surface area contributed by atoms with Gasteiger partial charge in [-0.2, -0.15) is 0 Å². The molecule has 2 rings (SSSR count). The van der Waals surface area contributed by atoms with E-state index in [2.05, 4.69) is 4.98 Å². The Morgan fingerprint density at radius 2 is 2.24 bits per heavy atom. The van der Waals surface area contributed by atoms with Gasteiger partial charge in [0.2, 0.25) is 0 Å². The number of carboxylic acids is 1. The number of hydrogen-bond donors (Lipinski definition) is 1. The van der Waals surface area contributed by atoms with Crippen LogP contribution in [0.25, 0.3) is 10.6 Å². The van der Waals surface area contributed by atoms with E-state index in [0.29, 0.717) is 23.1 Å². The highest BCUT2D eigenvalue weighted by Crippen LogP contribution is 2.36. The van der Waals surface area contributed by atoms with Crippen molar-refractivity contribution >= 4 is 23.0 Å². The quantitative estimate of drug-likeness (QED) is 0.672. The summed E-state index contributed by atoms with van der Waals surface area (Å²) < 4.78 is 5.24. The molecule has 110 valence electrons. The van der Waals surface area contributed by atoms with Crippen molar-refractivity contribution in [2.24, 2.45) is 0 Å². The average molecular weight is 308 g/mol. The van der Waals surface area contributed by atoms with Crippen molar-refractivity contribution in [3.63, 3.8) is 0 Å². The van der Waals surface area contributed by atoms with Gasteiger partial charge in [-0.25, -0.2) is 9.78 Å². The summed E-state index contributed by atoms with van der Waals surface area (Å²) in [5, 5.41) is 20.5. The van der Waals surface area contributed by atoms with E-state index in [1.807, 2.05) is 0 Å². The predicted octanol–water partition coefficient (Wildman–Crippen LogP) is 3.12. The Morgan fingerprint density at radius 3 is 2.76 bits per heavy atom. The third-order valence-electron chi connectivity index (χ3n) is 2.70. The van der Waals surface area contributed by atoms with Gasteiger partial charge in [-0.1, -0.05) is 0 Å². The standard InChI is InChI=1S/C13H12N2O5S/c1-3-20-8-4-5-9(10(6-8)15(18)19)12-14-7(2)11(21-12)13(16)17/h4-6H,3H2,1-2H3,(H,16,17). The summed E-state index contributed by atoms with van der Waals surface area (Å²) in [6.45, 7) is 3.74. The van der Waals surface area contributed by atoms with Crippen LogP contribution in [0.3, 0.4) is 0 Å². The van der Waals surface area contributed by atoms with E-state index in [0.717, 1.165) is 11.3 Å². The number of carbonyl (C=O) groups is 1. The van der Waals surface area contributed by atoms with Gasteiger partial charge in [0.25, 0.3) is 5.69 Å². The van der Waals surface area contributed by atoms with Crippen LogP contribution in [0.1, 0.15) is 22.3 Å². The van der Waals surface area contributed by atoms with Gasteiger partial charge in [-0.05, 0) is 26.0 Å². The Labute approximate surface area is 124 Å². The predicted molar refractivity (Wildman–Crippen MR) is 77.1 cm³/mol. The summed E-state index contributed by atoms with van der Waals surface area (Å²) in [5.74, 6) is -0.704. The molecule has 0 spiro atoms. The molecule has 1 aromatic carbocycles. The summed E-state index contributed by atoms with van der Waals surface area (Å²) in [7, 11) is 0. The van der Waals surface area contributed by atoms with E-state index in [4.69, 9.17) is 9.84 Å². The lowest BCUT2D eigenvalue weighted by atomic mass is 10.2. The fourth-order valence-electron chi connectivity index (χ4n) is 1.81. The number of benzene rings is 1. The lowest BCUT2D eigenvalue weighted by molar-refractivity contribution is -0.384. The third-order valence-corrected chi connectivity index (χ3v) is 3.88. The van der Waals surface area contributed by atoms with Crippen LogP contribution in [0.15, 0.2) is 18.2 Å². The molecule has 1 aromatic heterocycles. The number of ether oxygens (including phenoxy) is 1. The first-order chi connectivity index (χ1) is 9.93. The maximum Gasteiger partial charge on any atom is 0.347 e. The zero-order valence-corrected chi connectivity index (χ0v) is 12.1. The molecule has 2 aromatic rings. The van der Waals surface area contributed by atoms with Gasteiger partial charge < -0.3 is 9.84 Å². The van der Waals surface area contributed by atoms with Crippen molar-refractivity contribution in [3.8, 4) is 16.3 Å². The van der Waals surface area contributed by atoms with Crippen LogP contribution in [-0.4, -0.2) is 27.6 Å². The van der Waals surface area contributed by atoms with E-state index in [-0.39, 0.29) is 16.1 Å². The maximum absolute atomic E-state index is 11.2. The first-order valence-corrected chi connectivity index (χ1v) is 6.88. The largest absolute Gasteiger partial charge is 0.494 e. The molecular formula is C13H12N2O5S. The number of aryl methyl sites for hydroxylation is 1. The molecule has 8 heteroatoms. The minimum Gasteiger partial charge on any atom is -0.494 e. The molecule has 7 nitrogen and oxygen atoms in total. The van der Waals surface area contributed by atoms with E-state index in [1.54, 1.807) is 19.9 Å². The third kappa shape index (κ3) is 3.00. The smallest absolute Gasteiger partial charge is 0.347 e. The first kappa shape index (κ1) is 14.9. The van der Waals surface area contributed by atoms with Crippen LogP contribution in [0, 0.1) is 17.0 Å². The minimum atomic E-state index is -1.09. The number of hydrogen-bond acceptors (Lipinski definition) is 6. The van der Waals surface area contributed by atoms with Crippen molar-refractivity contribution in [2.75, 3.05) is 6.61 Å². The molecular weight excluding hydrogens is 296 g/mol. The van der Waals surface area contributed by atoms with Crippen LogP contribution in [-0.2, 0) is 0 Å². The van der Waals surface area contributed by atoms with Gasteiger partial charge in [0.1, 0.15) is 15.6 Å². The van der Waals surface area contributed by atoms with Crippen molar-refractivity contribution < 1.29 is 19.6 Å². The molecule has 0 unspecified atom stereocenters. The fraction of sp³-hybridized carbons (Fsp3) is 0.231. The van der Waals surface area contributed by atoms with Crippen LogP contribution >= 0.6 is 11.3 Å². The second-order valence-electron chi connectivity index (χ2n) is 4.11. The molecule has 0 saturated carbocycles. The number of nitrogens with zero attached hydrogens (tertiary/aromatic N) is 2. The Balaban J connectivity index is 2.55. The Morgan fingerprint density at radius 1 is 1.52 bits per heavy atom.